The zero-order chi connectivity index (χ0) is 19.8. The van der Waals surface area contributed by atoms with Crippen molar-refractivity contribution in [3.8, 4) is 11.1 Å². The maximum atomic E-state index is 6.01. The molecule has 0 bridgehead atoms. The molecule has 142 valence electrons. The van der Waals surface area contributed by atoms with E-state index in [2.05, 4.69) is 88.1 Å². The highest BCUT2D eigenvalue weighted by molar-refractivity contribution is 5.98. The lowest BCUT2D eigenvalue weighted by Crippen LogP contribution is -2.39. The standard InChI is InChI=1S/C24H31NOSi/c1-16-7-8-21(15-25-16)19-10-9-18-14-20(12-11-17(18)13-19)22(23(2,3)4)24(5,6)26-27/h7-15,22H,1-6,27H3. The van der Waals surface area contributed by atoms with Crippen molar-refractivity contribution in [3.05, 3.63) is 66.0 Å². The Morgan fingerprint density at radius 1 is 0.852 bits per heavy atom. The fraction of sp³-hybridized carbons (Fsp3) is 0.375. The third kappa shape index (κ3) is 4.15. The molecule has 0 aliphatic rings. The molecular weight excluding hydrogens is 346 g/mol. The Balaban J connectivity index is 2.05. The Kier molecular flexibility index (Phi) is 5.28. The molecule has 0 radical (unpaired) electrons. The van der Waals surface area contributed by atoms with E-state index >= 15 is 0 Å². The molecule has 0 aliphatic heterocycles. The number of aromatic nitrogens is 1. The molecule has 2 aromatic carbocycles. The predicted octanol–water partition coefficient (Wildman–Crippen LogP) is 5.42. The maximum Gasteiger partial charge on any atom is 0.146 e. The highest BCUT2D eigenvalue weighted by Gasteiger charge is 2.39. The second-order valence-electron chi connectivity index (χ2n) is 9.12. The summed E-state index contributed by atoms with van der Waals surface area (Å²) >= 11 is 0. The first-order valence-electron chi connectivity index (χ1n) is 9.64. The summed E-state index contributed by atoms with van der Waals surface area (Å²) in [5, 5.41) is 2.53. The van der Waals surface area contributed by atoms with Crippen molar-refractivity contribution < 1.29 is 4.43 Å². The van der Waals surface area contributed by atoms with E-state index in [0.29, 0.717) is 5.92 Å². The monoisotopic (exact) mass is 377 g/mol. The van der Waals surface area contributed by atoms with Crippen LogP contribution in [0.4, 0.5) is 0 Å². The number of benzene rings is 2. The zero-order valence-electron chi connectivity index (χ0n) is 17.6. The fourth-order valence-electron chi connectivity index (χ4n) is 4.32. The second-order valence-corrected chi connectivity index (χ2v) is 9.52. The van der Waals surface area contributed by atoms with Crippen LogP contribution >= 0.6 is 0 Å². The first-order chi connectivity index (χ1) is 12.6. The predicted molar refractivity (Wildman–Crippen MR) is 119 cm³/mol. The van der Waals surface area contributed by atoms with Gasteiger partial charge in [-0.05, 0) is 60.2 Å². The van der Waals surface area contributed by atoms with Gasteiger partial charge in [-0.2, -0.15) is 0 Å². The molecule has 0 N–H and O–H groups in total. The van der Waals surface area contributed by atoms with Crippen molar-refractivity contribution in [2.45, 2.75) is 53.1 Å². The number of fused-ring (bicyclic) bond motifs is 1. The van der Waals surface area contributed by atoms with Crippen LogP contribution in [-0.2, 0) is 4.43 Å². The molecule has 27 heavy (non-hydrogen) atoms. The Morgan fingerprint density at radius 2 is 1.48 bits per heavy atom. The average molecular weight is 378 g/mol. The van der Waals surface area contributed by atoms with Gasteiger partial charge in [0.15, 0.2) is 0 Å². The molecular formula is C24H31NOSi. The van der Waals surface area contributed by atoms with E-state index in [1.807, 2.05) is 13.1 Å². The van der Waals surface area contributed by atoms with E-state index in [1.165, 1.54) is 21.9 Å². The second kappa shape index (κ2) is 7.21. The van der Waals surface area contributed by atoms with E-state index in [1.54, 1.807) is 0 Å². The molecule has 1 heterocycles. The number of aryl methyl sites for hydroxylation is 1. The summed E-state index contributed by atoms with van der Waals surface area (Å²) < 4.78 is 6.01. The highest BCUT2D eigenvalue weighted by atomic mass is 28.2. The summed E-state index contributed by atoms with van der Waals surface area (Å²) in [7, 11) is 0.742. The van der Waals surface area contributed by atoms with Crippen LogP contribution in [0.3, 0.4) is 0 Å². The quantitative estimate of drug-likeness (QED) is 0.567. The molecule has 1 atom stereocenters. The van der Waals surface area contributed by atoms with E-state index in [4.69, 9.17) is 4.43 Å². The minimum absolute atomic E-state index is 0.120. The number of nitrogens with zero attached hydrogens (tertiary/aromatic N) is 1. The SMILES string of the molecule is Cc1ccc(-c2ccc3cc(C(C(C)(C)C)C(C)(C)O[SiH3])ccc3c2)cn1. The molecule has 0 saturated heterocycles. The molecule has 0 fully saturated rings. The van der Waals surface area contributed by atoms with E-state index in [9.17, 15) is 0 Å². The number of rotatable bonds is 4. The molecule has 2 nitrogen and oxygen atoms in total. The van der Waals surface area contributed by atoms with Gasteiger partial charge in [-0.25, -0.2) is 0 Å². The summed E-state index contributed by atoms with van der Waals surface area (Å²) in [6.07, 6.45) is 1.95. The molecule has 0 saturated carbocycles. The first-order valence-corrected chi connectivity index (χ1v) is 10.5. The van der Waals surface area contributed by atoms with E-state index in [0.717, 1.165) is 21.7 Å². The molecule has 0 amide bonds. The first kappa shape index (κ1) is 19.8. The Hall–Kier alpha value is -1.97. The van der Waals surface area contributed by atoms with Gasteiger partial charge in [0.05, 0.1) is 5.60 Å². The van der Waals surface area contributed by atoms with E-state index < -0.39 is 0 Å². The van der Waals surface area contributed by atoms with Crippen LogP contribution in [0.5, 0.6) is 0 Å². The lowest BCUT2D eigenvalue weighted by atomic mass is 9.68. The lowest BCUT2D eigenvalue weighted by Gasteiger charge is -2.43. The van der Waals surface area contributed by atoms with Crippen LogP contribution in [0.15, 0.2) is 54.7 Å². The molecule has 3 rings (SSSR count). The largest absolute Gasteiger partial charge is 0.422 e. The average Bonchev–Trinajstić information content (AvgIpc) is 2.60. The van der Waals surface area contributed by atoms with Crippen LogP contribution in [0, 0.1) is 12.3 Å². The van der Waals surface area contributed by atoms with Gasteiger partial charge in [-0.15, -0.1) is 0 Å². The number of hydrogen-bond donors (Lipinski definition) is 0. The minimum Gasteiger partial charge on any atom is -0.422 e. The zero-order valence-corrected chi connectivity index (χ0v) is 19.6. The molecule has 1 aromatic heterocycles. The lowest BCUT2D eigenvalue weighted by molar-refractivity contribution is 0.0405. The van der Waals surface area contributed by atoms with Crippen LogP contribution in [0.1, 0.15) is 51.8 Å². The van der Waals surface area contributed by atoms with Crippen LogP contribution < -0.4 is 0 Å². The Bertz CT molecular complexity index is 939. The van der Waals surface area contributed by atoms with Crippen LogP contribution in [0.25, 0.3) is 21.9 Å². The fourth-order valence-corrected chi connectivity index (χ4v) is 4.56. The van der Waals surface area contributed by atoms with Crippen molar-refractivity contribution in [2.75, 3.05) is 0 Å². The molecule has 0 spiro atoms. The summed E-state index contributed by atoms with van der Waals surface area (Å²) in [4.78, 5) is 4.43. The molecule has 3 aromatic rings. The van der Waals surface area contributed by atoms with Gasteiger partial charge >= 0.3 is 0 Å². The molecule has 1 unspecified atom stereocenters. The maximum absolute atomic E-state index is 6.01. The van der Waals surface area contributed by atoms with Crippen LogP contribution in [-0.4, -0.2) is 21.1 Å². The van der Waals surface area contributed by atoms with Crippen molar-refractivity contribution >= 4 is 21.3 Å². The highest BCUT2D eigenvalue weighted by Crippen LogP contribution is 2.45. The normalized spacial score (nSPS) is 13.9. The van der Waals surface area contributed by atoms with Gasteiger partial charge in [0.2, 0.25) is 0 Å². The van der Waals surface area contributed by atoms with Crippen molar-refractivity contribution in [1.82, 2.24) is 4.98 Å². The summed E-state index contributed by atoms with van der Waals surface area (Å²) in [5.41, 5.74) is 4.70. The van der Waals surface area contributed by atoms with Gasteiger partial charge in [0.1, 0.15) is 10.5 Å². The van der Waals surface area contributed by atoms with Gasteiger partial charge in [-0.1, -0.05) is 57.2 Å². The van der Waals surface area contributed by atoms with Gasteiger partial charge in [-0.3, -0.25) is 4.98 Å². The third-order valence-electron chi connectivity index (χ3n) is 5.53. The molecule has 3 heteroatoms. The number of hydrogen-bond acceptors (Lipinski definition) is 2. The van der Waals surface area contributed by atoms with Crippen molar-refractivity contribution in [1.29, 1.82) is 0 Å². The number of pyridine rings is 1. The molecule has 0 aliphatic carbocycles. The minimum atomic E-state index is -0.175. The van der Waals surface area contributed by atoms with Crippen molar-refractivity contribution in [2.24, 2.45) is 5.41 Å². The van der Waals surface area contributed by atoms with Crippen LogP contribution in [0.2, 0.25) is 0 Å². The van der Waals surface area contributed by atoms with Gasteiger partial charge in [0, 0.05) is 23.4 Å². The van der Waals surface area contributed by atoms with Gasteiger partial charge < -0.3 is 4.43 Å². The topological polar surface area (TPSA) is 22.1 Å². The smallest absolute Gasteiger partial charge is 0.146 e. The summed E-state index contributed by atoms with van der Waals surface area (Å²) in [6.45, 7) is 13.4. The third-order valence-corrected chi connectivity index (χ3v) is 6.58. The van der Waals surface area contributed by atoms with Crippen molar-refractivity contribution in [3.63, 3.8) is 0 Å². The Morgan fingerprint density at radius 3 is 2.07 bits per heavy atom. The summed E-state index contributed by atoms with van der Waals surface area (Å²) in [6, 6.07) is 17.7. The van der Waals surface area contributed by atoms with Gasteiger partial charge in [0.25, 0.3) is 0 Å². The summed E-state index contributed by atoms with van der Waals surface area (Å²) in [5.74, 6) is 0.327. The Labute approximate surface area is 166 Å². The van der Waals surface area contributed by atoms with E-state index in [-0.39, 0.29) is 11.0 Å².